The van der Waals surface area contributed by atoms with Gasteiger partial charge in [-0.25, -0.2) is 4.39 Å². The standard InChI is InChI=1S/C14H19F3N2O2/c15-10-6-11(18)12(7-13(10)21-14(16)17)19-4-1-5-20-8-9-2-3-9/h6-7,9,14,19H,1-5,8,18H2. The highest BCUT2D eigenvalue weighted by atomic mass is 19.3. The Labute approximate surface area is 121 Å². The smallest absolute Gasteiger partial charge is 0.387 e. The van der Waals surface area contributed by atoms with E-state index in [0.29, 0.717) is 18.8 Å². The Morgan fingerprint density at radius 2 is 2.10 bits per heavy atom. The predicted octanol–water partition coefficient (Wildman–Crippen LogP) is 3.24. The van der Waals surface area contributed by atoms with Gasteiger partial charge in [-0.1, -0.05) is 0 Å². The number of benzene rings is 1. The number of hydrogen-bond acceptors (Lipinski definition) is 4. The Balaban J connectivity index is 1.77. The zero-order chi connectivity index (χ0) is 15.2. The van der Waals surface area contributed by atoms with E-state index in [1.54, 1.807) is 0 Å². The van der Waals surface area contributed by atoms with Gasteiger partial charge in [0.05, 0.1) is 11.4 Å². The summed E-state index contributed by atoms with van der Waals surface area (Å²) in [5.41, 5.74) is 6.15. The van der Waals surface area contributed by atoms with Crippen LogP contribution in [0, 0.1) is 11.7 Å². The molecule has 1 aromatic carbocycles. The van der Waals surface area contributed by atoms with Crippen LogP contribution in [-0.4, -0.2) is 26.4 Å². The number of nitrogens with two attached hydrogens (primary N) is 1. The second-order valence-electron chi connectivity index (χ2n) is 5.05. The molecule has 0 aromatic heterocycles. The Morgan fingerprint density at radius 1 is 1.33 bits per heavy atom. The van der Waals surface area contributed by atoms with Crippen molar-refractivity contribution in [3.63, 3.8) is 0 Å². The summed E-state index contributed by atoms with van der Waals surface area (Å²) in [5, 5.41) is 2.96. The Morgan fingerprint density at radius 3 is 2.76 bits per heavy atom. The third kappa shape index (κ3) is 5.34. The van der Waals surface area contributed by atoms with Crippen LogP contribution in [0.15, 0.2) is 12.1 Å². The van der Waals surface area contributed by atoms with E-state index in [9.17, 15) is 13.2 Å². The van der Waals surface area contributed by atoms with Crippen molar-refractivity contribution in [3.8, 4) is 5.75 Å². The molecule has 118 valence electrons. The first-order valence-electron chi connectivity index (χ1n) is 6.91. The van der Waals surface area contributed by atoms with Gasteiger partial charge in [-0.05, 0) is 25.2 Å². The quantitative estimate of drug-likeness (QED) is 0.543. The molecular formula is C14H19F3N2O2. The maximum atomic E-state index is 13.4. The summed E-state index contributed by atoms with van der Waals surface area (Å²) in [7, 11) is 0. The zero-order valence-electron chi connectivity index (χ0n) is 11.6. The van der Waals surface area contributed by atoms with Gasteiger partial charge in [0, 0.05) is 31.9 Å². The number of nitrogen functional groups attached to an aromatic ring is 1. The van der Waals surface area contributed by atoms with Crippen LogP contribution in [0.3, 0.4) is 0 Å². The molecule has 1 saturated carbocycles. The second-order valence-corrected chi connectivity index (χ2v) is 5.05. The van der Waals surface area contributed by atoms with Gasteiger partial charge in [0.2, 0.25) is 0 Å². The number of halogens is 3. The maximum Gasteiger partial charge on any atom is 0.387 e. The van der Waals surface area contributed by atoms with Crippen molar-refractivity contribution in [2.24, 2.45) is 5.92 Å². The van der Waals surface area contributed by atoms with Crippen molar-refractivity contribution in [3.05, 3.63) is 17.9 Å². The third-order valence-electron chi connectivity index (χ3n) is 3.15. The van der Waals surface area contributed by atoms with Crippen LogP contribution >= 0.6 is 0 Å². The second kappa shape index (κ2) is 7.40. The maximum absolute atomic E-state index is 13.4. The monoisotopic (exact) mass is 304 g/mol. The first kappa shape index (κ1) is 15.8. The highest BCUT2D eigenvalue weighted by Crippen LogP contribution is 2.30. The molecule has 1 aromatic rings. The molecule has 0 aliphatic heterocycles. The van der Waals surface area contributed by atoms with E-state index >= 15 is 0 Å². The van der Waals surface area contributed by atoms with E-state index < -0.39 is 18.2 Å². The molecule has 3 N–H and O–H groups in total. The van der Waals surface area contributed by atoms with Crippen molar-refractivity contribution < 1.29 is 22.6 Å². The Hall–Kier alpha value is -1.63. The van der Waals surface area contributed by atoms with Gasteiger partial charge in [-0.15, -0.1) is 0 Å². The van der Waals surface area contributed by atoms with Crippen LogP contribution in [0.4, 0.5) is 24.5 Å². The number of ether oxygens (including phenoxy) is 2. The van der Waals surface area contributed by atoms with Crippen LogP contribution in [-0.2, 0) is 4.74 Å². The number of anilines is 2. The van der Waals surface area contributed by atoms with Crippen LogP contribution in [0.25, 0.3) is 0 Å². The van der Waals surface area contributed by atoms with E-state index in [1.807, 2.05) is 0 Å². The van der Waals surface area contributed by atoms with Gasteiger partial charge in [0.15, 0.2) is 11.6 Å². The molecular weight excluding hydrogens is 285 g/mol. The van der Waals surface area contributed by atoms with Gasteiger partial charge in [0.1, 0.15) is 0 Å². The lowest BCUT2D eigenvalue weighted by Crippen LogP contribution is -2.10. The van der Waals surface area contributed by atoms with Crippen molar-refractivity contribution >= 4 is 11.4 Å². The summed E-state index contributed by atoms with van der Waals surface area (Å²) in [6.07, 6.45) is 3.24. The molecule has 1 aliphatic carbocycles. The normalized spacial score (nSPS) is 14.5. The predicted molar refractivity (Wildman–Crippen MR) is 74.1 cm³/mol. The Bertz CT molecular complexity index is 468. The van der Waals surface area contributed by atoms with Crippen molar-refractivity contribution in [2.45, 2.75) is 25.9 Å². The molecule has 0 heterocycles. The average molecular weight is 304 g/mol. The first-order valence-corrected chi connectivity index (χ1v) is 6.91. The molecule has 0 radical (unpaired) electrons. The minimum Gasteiger partial charge on any atom is -0.432 e. The fourth-order valence-electron chi connectivity index (χ4n) is 1.84. The van der Waals surface area contributed by atoms with Crippen LogP contribution < -0.4 is 15.8 Å². The van der Waals surface area contributed by atoms with Crippen molar-refractivity contribution in [2.75, 3.05) is 30.8 Å². The summed E-state index contributed by atoms with van der Waals surface area (Å²) >= 11 is 0. The minimum atomic E-state index is -3.08. The van der Waals surface area contributed by atoms with Gasteiger partial charge < -0.3 is 20.5 Å². The highest BCUT2D eigenvalue weighted by Gasteiger charge is 2.20. The largest absolute Gasteiger partial charge is 0.432 e. The molecule has 0 saturated heterocycles. The summed E-state index contributed by atoms with van der Waals surface area (Å²) in [6, 6.07) is 2.10. The lowest BCUT2D eigenvalue weighted by atomic mass is 10.2. The van der Waals surface area contributed by atoms with E-state index in [1.165, 1.54) is 12.8 Å². The fraction of sp³-hybridized carbons (Fsp3) is 0.571. The summed E-state index contributed by atoms with van der Waals surface area (Å²) in [5.74, 6) is -0.711. The molecule has 4 nitrogen and oxygen atoms in total. The van der Waals surface area contributed by atoms with Crippen LogP contribution in [0.5, 0.6) is 5.75 Å². The summed E-state index contributed by atoms with van der Waals surface area (Å²) in [6.45, 7) is -1.11. The number of nitrogens with one attached hydrogen (secondary N) is 1. The number of rotatable bonds is 9. The molecule has 0 spiro atoms. The Kier molecular flexibility index (Phi) is 5.55. The molecule has 0 atom stereocenters. The first-order chi connectivity index (χ1) is 10.1. The topological polar surface area (TPSA) is 56.5 Å². The van der Waals surface area contributed by atoms with E-state index in [4.69, 9.17) is 10.5 Å². The molecule has 1 aliphatic rings. The molecule has 7 heteroatoms. The molecule has 2 rings (SSSR count). The van der Waals surface area contributed by atoms with Gasteiger partial charge in [-0.3, -0.25) is 0 Å². The number of hydrogen-bond donors (Lipinski definition) is 2. The van der Waals surface area contributed by atoms with Crippen LogP contribution in [0.1, 0.15) is 19.3 Å². The average Bonchev–Trinajstić information content (AvgIpc) is 3.22. The van der Waals surface area contributed by atoms with Crippen molar-refractivity contribution in [1.82, 2.24) is 0 Å². The van der Waals surface area contributed by atoms with Crippen molar-refractivity contribution in [1.29, 1.82) is 0 Å². The molecule has 21 heavy (non-hydrogen) atoms. The lowest BCUT2D eigenvalue weighted by molar-refractivity contribution is -0.0521. The summed E-state index contributed by atoms with van der Waals surface area (Å²) in [4.78, 5) is 0. The van der Waals surface area contributed by atoms with E-state index in [0.717, 1.165) is 31.1 Å². The third-order valence-corrected chi connectivity index (χ3v) is 3.15. The van der Waals surface area contributed by atoms with Gasteiger partial charge >= 0.3 is 6.61 Å². The summed E-state index contributed by atoms with van der Waals surface area (Å²) < 4.78 is 47.2. The molecule has 1 fully saturated rings. The molecule has 0 unspecified atom stereocenters. The van der Waals surface area contributed by atoms with E-state index in [-0.39, 0.29) is 5.69 Å². The lowest BCUT2D eigenvalue weighted by Gasteiger charge is -2.13. The zero-order valence-corrected chi connectivity index (χ0v) is 11.6. The molecule has 0 bridgehead atoms. The van der Waals surface area contributed by atoms with Crippen LogP contribution in [0.2, 0.25) is 0 Å². The van der Waals surface area contributed by atoms with Gasteiger partial charge in [-0.2, -0.15) is 8.78 Å². The highest BCUT2D eigenvalue weighted by molar-refractivity contribution is 5.68. The number of alkyl halides is 2. The fourth-order valence-corrected chi connectivity index (χ4v) is 1.84. The SMILES string of the molecule is Nc1cc(F)c(OC(F)F)cc1NCCCOCC1CC1. The minimum absolute atomic E-state index is 0.146. The van der Waals surface area contributed by atoms with E-state index in [2.05, 4.69) is 10.1 Å². The molecule has 0 amide bonds. The van der Waals surface area contributed by atoms with Gasteiger partial charge in [0.25, 0.3) is 0 Å².